The fourth-order valence-electron chi connectivity index (χ4n) is 3.22. The Labute approximate surface area is 192 Å². The summed E-state index contributed by atoms with van der Waals surface area (Å²) in [6.07, 6.45) is -4.44. The first-order valence-corrected chi connectivity index (χ1v) is 10.4. The molecule has 4 nitrogen and oxygen atoms in total. The van der Waals surface area contributed by atoms with Crippen molar-refractivity contribution in [3.63, 3.8) is 0 Å². The number of esters is 1. The minimum Gasteiger partial charge on any atom is -0.462 e. The summed E-state index contributed by atoms with van der Waals surface area (Å²) >= 11 is 5.99. The Balaban J connectivity index is 1.77. The fraction of sp³-hybridized carbons (Fsp3) is 0.120. The number of benzene rings is 3. The summed E-state index contributed by atoms with van der Waals surface area (Å²) in [6.45, 7) is 1.99. The van der Waals surface area contributed by atoms with Crippen LogP contribution in [0.4, 0.5) is 13.2 Å². The Kier molecular flexibility index (Phi) is 6.24. The largest absolute Gasteiger partial charge is 0.462 e. The van der Waals surface area contributed by atoms with Crippen LogP contribution in [0.15, 0.2) is 77.2 Å². The second kappa shape index (κ2) is 9.11. The average molecular weight is 472 g/mol. The van der Waals surface area contributed by atoms with E-state index in [0.29, 0.717) is 38.7 Å². The van der Waals surface area contributed by atoms with Gasteiger partial charge in [0.2, 0.25) is 5.89 Å². The summed E-state index contributed by atoms with van der Waals surface area (Å²) in [6, 6.07) is 18.1. The Morgan fingerprint density at radius 3 is 2.06 bits per heavy atom. The predicted molar refractivity (Wildman–Crippen MR) is 119 cm³/mol. The van der Waals surface area contributed by atoms with E-state index in [4.69, 9.17) is 20.8 Å². The smallest absolute Gasteiger partial charge is 0.416 e. The Hall–Kier alpha value is -3.58. The molecule has 3 aromatic carbocycles. The molecule has 33 heavy (non-hydrogen) atoms. The Morgan fingerprint density at radius 1 is 0.909 bits per heavy atom. The van der Waals surface area contributed by atoms with E-state index in [-0.39, 0.29) is 12.5 Å². The number of ether oxygens (including phenoxy) is 1. The third-order valence-electron chi connectivity index (χ3n) is 4.86. The van der Waals surface area contributed by atoms with Crippen LogP contribution in [0, 0.1) is 0 Å². The fourth-order valence-corrected chi connectivity index (χ4v) is 3.34. The summed E-state index contributed by atoms with van der Waals surface area (Å²) in [5.41, 5.74) is 1.74. The van der Waals surface area contributed by atoms with E-state index in [1.54, 1.807) is 55.5 Å². The maximum atomic E-state index is 13.0. The van der Waals surface area contributed by atoms with Crippen molar-refractivity contribution in [2.24, 2.45) is 0 Å². The van der Waals surface area contributed by atoms with Crippen LogP contribution in [0.3, 0.4) is 0 Å². The number of halogens is 4. The topological polar surface area (TPSA) is 52.3 Å². The van der Waals surface area contributed by atoms with Crippen molar-refractivity contribution >= 4 is 17.6 Å². The van der Waals surface area contributed by atoms with Crippen LogP contribution in [0.1, 0.15) is 22.8 Å². The van der Waals surface area contributed by atoms with E-state index in [9.17, 15) is 18.0 Å². The van der Waals surface area contributed by atoms with Gasteiger partial charge >= 0.3 is 12.1 Å². The van der Waals surface area contributed by atoms with E-state index < -0.39 is 17.7 Å². The number of rotatable bonds is 5. The lowest BCUT2D eigenvalue weighted by atomic mass is 10.0. The zero-order valence-corrected chi connectivity index (χ0v) is 18.1. The molecular formula is C25H17ClF3NO3. The van der Waals surface area contributed by atoms with Gasteiger partial charge in [0.05, 0.1) is 17.7 Å². The number of oxazole rings is 1. The maximum absolute atomic E-state index is 13.0. The Morgan fingerprint density at radius 2 is 1.48 bits per heavy atom. The minimum absolute atomic E-state index is 0.255. The summed E-state index contributed by atoms with van der Waals surface area (Å²) < 4.78 is 50.0. The molecule has 0 aliphatic carbocycles. The summed E-state index contributed by atoms with van der Waals surface area (Å²) in [7, 11) is 0. The van der Waals surface area contributed by atoms with Crippen molar-refractivity contribution in [1.82, 2.24) is 4.98 Å². The molecule has 1 heterocycles. The van der Waals surface area contributed by atoms with Crippen LogP contribution in [0.25, 0.3) is 34.0 Å². The zero-order valence-electron chi connectivity index (χ0n) is 17.3. The molecular weight excluding hydrogens is 455 g/mol. The first-order valence-electron chi connectivity index (χ1n) is 9.98. The highest BCUT2D eigenvalue weighted by atomic mass is 35.5. The van der Waals surface area contributed by atoms with Crippen LogP contribution in [0.2, 0.25) is 5.02 Å². The highest BCUT2D eigenvalue weighted by Gasteiger charge is 2.30. The minimum atomic E-state index is -4.44. The van der Waals surface area contributed by atoms with Crippen LogP contribution < -0.4 is 0 Å². The van der Waals surface area contributed by atoms with E-state index in [1.807, 2.05) is 0 Å². The molecule has 0 atom stereocenters. The molecule has 1 aromatic heterocycles. The average Bonchev–Trinajstić information content (AvgIpc) is 3.25. The van der Waals surface area contributed by atoms with Gasteiger partial charge in [-0.3, -0.25) is 0 Å². The molecule has 0 spiro atoms. The molecule has 168 valence electrons. The number of alkyl halides is 3. The van der Waals surface area contributed by atoms with Crippen LogP contribution in [-0.2, 0) is 10.9 Å². The molecule has 0 radical (unpaired) electrons. The number of hydrogen-bond donors (Lipinski definition) is 0. The van der Waals surface area contributed by atoms with Crippen molar-refractivity contribution in [2.75, 3.05) is 6.61 Å². The van der Waals surface area contributed by atoms with E-state index in [0.717, 1.165) is 12.1 Å². The SMILES string of the molecule is CCOC(=O)c1ccc(-c2nc(-c3ccc(C(F)(F)F)cc3)c(-c3ccc(Cl)cc3)o2)cc1. The number of hydrogen-bond acceptors (Lipinski definition) is 4. The van der Waals surface area contributed by atoms with Gasteiger partial charge in [0.25, 0.3) is 0 Å². The molecule has 8 heteroatoms. The lowest BCUT2D eigenvalue weighted by Crippen LogP contribution is -2.04. The van der Waals surface area contributed by atoms with Crippen LogP contribution >= 0.6 is 11.6 Å². The first-order chi connectivity index (χ1) is 15.8. The molecule has 0 bridgehead atoms. The molecule has 0 amide bonds. The van der Waals surface area contributed by atoms with Gasteiger partial charge < -0.3 is 9.15 Å². The molecule has 4 rings (SSSR count). The van der Waals surface area contributed by atoms with Crippen molar-refractivity contribution in [3.8, 4) is 34.0 Å². The van der Waals surface area contributed by atoms with Crippen LogP contribution in [0.5, 0.6) is 0 Å². The molecule has 0 saturated carbocycles. The maximum Gasteiger partial charge on any atom is 0.416 e. The summed E-state index contributed by atoms with van der Waals surface area (Å²) in [5.74, 6) is 0.199. The molecule has 0 fully saturated rings. The first kappa shape index (κ1) is 22.6. The van der Waals surface area contributed by atoms with Gasteiger partial charge in [0, 0.05) is 21.7 Å². The van der Waals surface area contributed by atoms with Crippen LogP contribution in [-0.4, -0.2) is 17.6 Å². The molecule has 4 aromatic rings. The predicted octanol–water partition coefficient (Wildman–Crippen LogP) is 7.52. The van der Waals surface area contributed by atoms with Gasteiger partial charge in [0.15, 0.2) is 5.76 Å². The van der Waals surface area contributed by atoms with Gasteiger partial charge in [-0.15, -0.1) is 0 Å². The number of aromatic nitrogens is 1. The highest BCUT2D eigenvalue weighted by molar-refractivity contribution is 6.30. The summed E-state index contributed by atoms with van der Waals surface area (Å²) in [4.78, 5) is 16.4. The van der Waals surface area contributed by atoms with Crippen molar-refractivity contribution in [1.29, 1.82) is 0 Å². The monoisotopic (exact) mass is 471 g/mol. The van der Waals surface area contributed by atoms with E-state index in [1.165, 1.54) is 12.1 Å². The normalized spacial score (nSPS) is 11.4. The Bertz CT molecular complexity index is 1260. The second-order valence-electron chi connectivity index (χ2n) is 7.08. The number of nitrogens with zero attached hydrogens (tertiary/aromatic N) is 1. The van der Waals surface area contributed by atoms with Gasteiger partial charge in [-0.25, -0.2) is 9.78 Å². The summed E-state index contributed by atoms with van der Waals surface area (Å²) in [5, 5.41) is 0.532. The third-order valence-corrected chi connectivity index (χ3v) is 5.11. The molecule has 0 unspecified atom stereocenters. The van der Waals surface area contributed by atoms with Gasteiger partial charge in [-0.2, -0.15) is 13.2 Å². The quantitative estimate of drug-likeness (QED) is 0.282. The van der Waals surface area contributed by atoms with E-state index in [2.05, 4.69) is 4.98 Å². The number of carbonyl (C=O) groups excluding carboxylic acids is 1. The second-order valence-corrected chi connectivity index (χ2v) is 7.51. The van der Waals surface area contributed by atoms with Crippen molar-refractivity contribution < 1.29 is 27.1 Å². The molecule has 0 aliphatic heterocycles. The number of carbonyl (C=O) groups is 1. The zero-order chi connectivity index (χ0) is 23.6. The highest BCUT2D eigenvalue weighted by Crippen LogP contribution is 2.38. The van der Waals surface area contributed by atoms with Gasteiger partial charge in [-0.1, -0.05) is 23.7 Å². The van der Waals surface area contributed by atoms with Gasteiger partial charge in [0.1, 0.15) is 5.69 Å². The standard InChI is InChI=1S/C25H17ClF3NO3/c1-2-32-24(31)18-5-3-17(4-6-18)23-30-21(15-7-11-19(12-8-15)25(27,28)29)22(33-23)16-9-13-20(26)14-10-16/h3-14H,2H2,1H3. The van der Waals surface area contributed by atoms with E-state index >= 15 is 0 Å². The molecule has 0 N–H and O–H groups in total. The lowest BCUT2D eigenvalue weighted by molar-refractivity contribution is -0.137. The van der Waals surface area contributed by atoms with Gasteiger partial charge in [-0.05, 0) is 67.6 Å². The van der Waals surface area contributed by atoms with Crippen molar-refractivity contribution in [3.05, 3.63) is 88.9 Å². The molecule has 0 aliphatic rings. The molecule has 0 saturated heterocycles. The van der Waals surface area contributed by atoms with Crippen molar-refractivity contribution in [2.45, 2.75) is 13.1 Å². The third kappa shape index (κ3) is 4.93. The lowest BCUT2D eigenvalue weighted by Gasteiger charge is -2.07.